The van der Waals surface area contributed by atoms with E-state index in [1.54, 1.807) is 7.05 Å². The smallest absolute Gasteiger partial charge is 0.223 e. The van der Waals surface area contributed by atoms with Gasteiger partial charge < -0.3 is 9.88 Å². The molecule has 0 unspecified atom stereocenters. The fourth-order valence-corrected chi connectivity index (χ4v) is 4.10. The van der Waals surface area contributed by atoms with Gasteiger partial charge in [-0.15, -0.1) is 0 Å². The predicted molar refractivity (Wildman–Crippen MR) is 76.9 cm³/mol. The largest absolute Gasteiger partial charge is 0.359 e. The van der Waals surface area contributed by atoms with Crippen LogP contribution in [0.1, 0.15) is 31.4 Å². The molecule has 2 aliphatic rings. The quantitative estimate of drug-likeness (QED) is 0.901. The molecule has 20 heavy (non-hydrogen) atoms. The highest BCUT2D eigenvalue weighted by molar-refractivity contribution is 5.79. The second kappa shape index (κ2) is 5.20. The molecular formula is C15H24N4O. The van der Waals surface area contributed by atoms with Crippen LogP contribution in [0.5, 0.6) is 0 Å². The van der Waals surface area contributed by atoms with Gasteiger partial charge in [-0.05, 0) is 31.2 Å². The molecule has 1 aromatic heterocycles. The van der Waals surface area contributed by atoms with Gasteiger partial charge in [0.2, 0.25) is 5.91 Å². The Bertz CT molecular complexity index is 498. The van der Waals surface area contributed by atoms with E-state index >= 15 is 0 Å². The maximum atomic E-state index is 12.1. The molecule has 1 amide bonds. The minimum Gasteiger partial charge on any atom is -0.359 e. The van der Waals surface area contributed by atoms with E-state index in [0.29, 0.717) is 0 Å². The first-order valence-corrected chi connectivity index (χ1v) is 7.54. The maximum Gasteiger partial charge on any atom is 0.223 e. The van der Waals surface area contributed by atoms with E-state index in [2.05, 4.69) is 19.8 Å². The lowest BCUT2D eigenvalue weighted by Gasteiger charge is -2.30. The van der Waals surface area contributed by atoms with Gasteiger partial charge in [0.25, 0.3) is 0 Å². The van der Waals surface area contributed by atoms with Crippen molar-refractivity contribution in [3.8, 4) is 0 Å². The lowest BCUT2D eigenvalue weighted by atomic mass is 9.76. The summed E-state index contributed by atoms with van der Waals surface area (Å²) >= 11 is 0. The van der Waals surface area contributed by atoms with Gasteiger partial charge in [-0.1, -0.05) is 6.42 Å². The average Bonchev–Trinajstić information content (AvgIpc) is 3.14. The predicted octanol–water partition coefficient (Wildman–Crippen LogP) is 1.16. The SMILES string of the molecule is CNC(=O)[C@H]1CCC[C@@]12CCN(Cc1cncn1C)C2. The molecule has 1 aliphatic heterocycles. The molecule has 1 spiro atoms. The van der Waals surface area contributed by atoms with Gasteiger partial charge in [0.15, 0.2) is 0 Å². The van der Waals surface area contributed by atoms with Gasteiger partial charge in [0, 0.05) is 39.3 Å². The van der Waals surface area contributed by atoms with E-state index in [4.69, 9.17) is 0 Å². The summed E-state index contributed by atoms with van der Waals surface area (Å²) < 4.78 is 2.08. The second-order valence-electron chi connectivity index (χ2n) is 6.38. The van der Waals surface area contributed by atoms with Crippen molar-refractivity contribution >= 4 is 5.91 Å². The topological polar surface area (TPSA) is 50.2 Å². The average molecular weight is 276 g/mol. The number of nitrogens with one attached hydrogen (secondary N) is 1. The number of carbonyl (C=O) groups excluding carboxylic acids is 1. The first-order valence-electron chi connectivity index (χ1n) is 7.54. The fourth-order valence-electron chi connectivity index (χ4n) is 4.10. The molecule has 5 heteroatoms. The summed E-state index contributed by atoms with van der Waals surface area (Å²) in [6.45, 7) is 3.09. The van der Waals surface area contributed by atoms with Crippen molar-refractivity contribution in [3.05, 3.63) is 18.2 Å². The summed E-state index contributed by atoms with van der Waals surface area (Å²) in [6.07, 6.45) is 8.40. The highest BCUT2D eigenvalue weighted by Gasteiger charge is 2.49. The van der Waals surface area contributed by atoms with Crippen molar-refractivity contribution in [1.29, 1.82) is 0 Å². The molecule has 2 heterocycles. The van der Waals surface area contributed by atoms with Crippen molar-refractivity contribution in [2.75, 3.05) is 20.1 Å². The molecule has 1 saturated heterocycles. The molecule has 110 valence electrons. The molecule has 1 N–H and O–H groups in total. The molecule has 2 fully saturated rings. The zero-order valence-electron chi connectivity index (χ0n) is 12.4. The van der Waals surface area contributed by atoms with Crippen LogP contribution in [0.2, 0.25) is 0 Å². The summed E-state index contributed by atoms with van der Waals surface area (Å²) in [5, 5.41) is 2.86. The molecule has 5 nitrogen and oxygen atoms in total. The third-order valence-electron chi connectivity index (χ3n) is 5.24. The van der Waals surface area contributed by atoms with Crippen LogP contribution >= 0.6 is 0 Å². The van der Waals surface area contributed by atoms with E-state index in [-0.39, 0.29) is 17.2 Å². The van der Waals surface area contributed by atoms with Gasteiger partial charge in [-0.25, -0.2) is 4.98 Å². The Hall–Kier alpha value is -1.36. The van der Waals surface area contributed by atoms with Gasteiger partial charge >= 0.3 is 0 Å². The number of likely N-dealkylation sites (tertiary alicyclic amines) is 1. The van der Waals surface area contributed by atoms with Gasteiger partial charge in [-0.3, -0.25) is 9.69 Å². The van der Waals surface area contributed by atoms with Crippen LogP contribution in [0, 0.1) is 11.3 Å². The molecule has 0 aromatic carbocycles. The third kappa shape index (κ3) is 2.24. The zero-order valence-corrected chi connectivity index (χ0v) is 12.4. The van der Waals surface area contributed by atoms with Crippen molar-refractivity contribution in [2.24, 2.45) is 18.4 Å². The van der Waals surface area contributed by atoms with Gasteiger partial charge in [-0.2, -0.15) is 0 Å². The summed E-state index contributed by atoms with van der Waals surface area (Å²) in [6, 6.07) is 0. The monoisotopic (exact) mass is 276 g/mol. The summed E-state index contributed by atoms with van der Waals surface area (Å²) in [5.41, 5.74) is 1.47. The summed E-state index contributed by atoms with van der Waals surface area (Å²) in [7, 11) is 3.80. The van der Waals surface area contributed by atoms with E-state index in [1.807, 2.05) is 19.6 Å². The highest BCUT2D eigenvalue weighted by atomic mass is 16.1. The number of imidazole rings is 1. The molecule has 3 rings (SSSR count). The number of nitrogens with zero attached hydrogens (tertiary/aromatic N) is 3. The highest BCUT2D eigenvalue weighted by Crippen LogP contribution is 2.49. The second-order valence-corrected chi connectivity index (χ2v) is 6.38. The van der Waals surface area contributed by atoms with Crippen LogP contribution in [-0.4, -0.2) is 40.5 Å². The van der Waals surface area contributed by atoms with Crippen molar-refractivity contribution in [3.63, 3.8) is 0 Å². The van der Waals surface area contributed by atoms with Crippen LogP contribution in [0.3, 0.4) is 0 Å². The zero-order chi connectivity index (χ0) is 14.2. The Morgan fingerprint density at radius 2 is 2.40 bits per heavy atom. The number of hydrogen-bond donors (Lipinski definition) is 1. The number of aryl methyl sites for hydroxylation is 1. The molecular weight excluding hydrogens is 252 g/mol. The molecule has 2 atom stereocenters. The van der Waals surface area contributed by atoms with Crippen LogP contribution < -0.4 is 5.32 Å². The first-order chi connectivity index (χ1) is 9.64. The van der Waals surface area contributed by atoms with E-state index in [1.165, 1.54) is 18.5 Å². The van der Waals surface area contributed by atoms with Crippen LogP contribution in [0.25, 0.3) is 0 Å². The van der Waals surface area contributed by atoms with Crippen molar-refractivity contribution < 1.29 is 4.79 Å². The number of hydrogen-bond acceptors (Lipinski definition) is 3. The lowest BCUT2D eigenvalue weighted by molar-refractivity contribution is -0.127. The van der Waals surface area contributed by atoms with Crippen LogP contribution in [0.15, 0.2) is 12.5 Å². The number of rotatable bonds is 3. The first kappa shape index (κ1) is 13.6. The van der Waals surface area contributed by atoms with E-state index in [0.717, 1.165) is 32.5 Å². The lowest BCUT2D eigenvalue weighted by Crippen LogP contribution is -2.39. The minimum atomic E-state index is 0.212. The Morgan fingerprint density at radius 3 is 3.10 bits per heavy atom. The molecule has 1 aliphatic carbocycles. The molecule has 1 saturated carbocycles. The molecule has 1 aromatic rings. The van der Waals surface area contributed by atoms with Crippen molar-refractivity contribution in [2.45, 2.75) is 32.2 Å². The van der Waals surface area contributed by atoms with Crippen LogP contribution in [-0.2, 0) is 18.4 Å². The standard InChI is InChI=1S/C15H24N4O/c1-16-14(20)13-4-3-5-15(13)6-7-19(10-15)9-12-8-17-11-18(12)2/h8,11,13H,3-7,9-10H2,1-2H3,(H,16,20)/t13-,15+/m1/s1. The third-order valence-corrected chi connectivity index (χ3v) is 5.24. The number of carbonyl (C=O) groups is 1. The molecule has 0 radical (unpaired) electrons. The number of amides is 1. The Kier molecular flexibility index (Phi) is 3.54. The van der Waals surface area contributed by atoms with Crippen molar-refractivity contribution in [1.82, 2.24) is 19.8 Å². The summed E-state index contributed by atoms with van der Waals surface area (Å²) in [4.78, 5) is 18.8. The van der Waals surface area contributed by atoms with E-state index in [9.17, 15) is 4.79 Å². The Morgan fingerprint density at radius 1 is 1.55 bits per heavy atom. The van der Waals surface area contributed by atoms with Crippen LogP contribution in [0.4, 0.5) is 0 Å². The Balaban J connectivity index is 1.69. The Labute approximate surface area is 120 Å². The summed E-state index contributed by atoms with van der Waals surface area (Å²) in [5.74, 6) is 0.453. The molecule has 0 bridgehead atoms. The van der Waals surface area contributed by atoms with E-state index < -0.39 is 0 Å². The normalized spacial score (nSPS) is 30.2. The number of aromatic nitrogens is 2. The minimum absolute atomic E-state index is 0.212. The van der Waals surface area contributed by atoms with Gasteiger partial charge in [0.05, 0.1) is 12.0 Å². The van der Waals surface area contributed by atoms with Gasteiger partial charge in [0.1, 0.15) is 0 Å². The fraction of sp³-hybridized carbons (Fsp3) is 0.733. The maximum absolute atomic E-state index is 12.1.